The first-order valence-corrected chi connectivity index (χ1v) is 4.92. The number of aliphatic imine (C=N–C) groups is 1. The normalized spacial score (nSPS) is 13.7. The van der Waals surface area contributed by atoms with Crippen LogP contribution in [-0.4, -0.2) is 43.3 Å². The second-order valence-electron chi connectivity index (χ2n) is 3.45. The molecule has 0 aliphatic carbocycles. The summed E-state index contributed by atoms with van der Waals surface area (Å²) in [6.07, 6.45) is 0. The van der Waals surface area contributed by atoms with Gasteiger partial charge in [0.1, 0.15) is 6.04 Å². The molecule has 2 unspecified atom stereocenters. The summed E-state index contributed by atoms with van der Waals surface area (Å²) in [6.45, 7) is 3.16. The van der Waals surface area contributed by atoms with Crippen LogP contribution in [0.3, 0.4) is 0 Å². The Balaban J connectivity index is 4.31. The monoisotopic (exact) mass is 229 g/mol. The second kappa shape index (κ2) is 6.78. The Morgan fingerprint density at radius 2 is 1.94 bits per heavy atom. The summed E-state index contributed by atoms with van der Waals surface area (Å²) in [5, 5.41) is 5.31. The molecule has 0 bridgehead atoms. The van der Waals surface area contributed by atoms with Crippen LogP contribution in [0.5, 0.6) is 0 Å². The lowest BCUT2D eigenvalue weighted by molar-refractivity contribution is -0.127. The van der Waals surface area contributed by atoms with Gasteiger partial charge in [0.25, 0.3) is 0 Å². The number of ketones is 1. The Morgan fingerprint density at radius 3 is 2.31 bits per heavy atom. The number of Topliss-reactive ketones (excluding diaryl/α,β-unsaturated/α-hetero) is 1. The number of likely N-dealkylation sites (N-methyl/N-ethyl adjacent to an activating group) is 1. The van der Waals surface area contributed by atoms with Gasteiger partial charge in [-0.2, -0.15) is 0 Å². The van der Waals surface area contributed by atoms with E-state index in [1.165, 1.54) is 6.92 Å². The fraction of sp³-hybridized carbons (Fsp3) is 0.667. The van der Waals surface area contributed by atoms with Crippen molar-refractivity contribution < 1.29 is 9.59 Å². The molecule has 0 spiro atoms. The van der Waals surface area contributed by atoms with Crippen LogP contribution in [0.2, 0.25) is 0 Å². The Morgan fingerprint density at radius 1 is 1.38 bits per heavy atom. The first-order valence-electron chi connectivity index (χ1n) is 4.92. The highest BCUT2D eigenvalue weighted by molar-refractivity contribution is 5.89. The molecular weight excluding hydrogens is 210 g/mol. The Bertz CT molecular complexity index is 286. The average Bonchev–Trinajstić information content (AvgIpc) is 2.17. The van der Waals surface area contributed by atoms with Gasteiger partial charge in [-0.15, -0.1) is 0 Å². The van der Waals surface area contributed by atoms with Crippen LogP contribution in [-0.2, 0) is 9.59 Å². The molecule has 0 rings (SSSR count). The zero-order chi connectivity index (χ0) is 12.7. The molecular formula is C9H19N5O2. The molecule has 0 radical (unpaired) electrons. The molecule has 0 aliphatic rings. The van der Waals surface area contributed by atoms with Gasteiger partial charge in [-0.3, -0.25) is 14.6 Å². The quantitative estimate of drug-likeness (QED) is 0.308. The summed E-state index contributed by atoms with van der Waals surface area (Å²) in [5.41, 5.74) is 10.3. The van der Waals surface area contributed by atoms with Crippen LogP contribution < -0.4 is 22.1 Å². The van der Waals surface area contributed by atoms with Gasteiger partial charge < -0.3 is 22.1 Å². The highest BCUT2D eigenvalue weighted by Gasteiger charge is 2.19. The van der Waals surface area contributed by atoms with Crippen molar-refractivity contribution in [2.24, 2.45) is 16.5 Å². The largest absolute Gasteiger partial charge is 0.370 e. The molecule has 0 saturated carbocycles. The maximum absolute atomic E-state index is 11.6. The highest BCUT2D eigenvalue weighted by atomic mass is 16.2. The lowest BCUT2D eigenvalue weighted by Crippen LogP contribution is -2.49. The minimum absolute atomic E-state index is 0.0762. The van der Waals surface area contributed by atoms with Crippen molar-refractivity contribution in [2.75, 3.05) is 13.6 Å². The number of carbonyl (C=O) groups excluding carboxylic acids is 2. The molecule has 0 aliphatic heterocycles. The molecule has 0 aromatic rings. The summed E-state index contributed by atoms with van der Waals surface area (Å²) >= 11 is 0. The maximum Gasteiger partial charge on any atom is 0.239 e. The molecule has 7 nitrogen and oxygen atoms in total. The van der Waals surface area contributed by atoms with Gasteiger partial charge in [0.2, 0.25) is 5.91 Å². The Labute approximate surface area is 94.7 Å². The molecule has 0 aromatic heterocycles. The molecule has 7 heteroatoms. The molecule has 2 atom stereocenters. The molecule has 0 heterocycles. The van der Waals surface area contributed by atoms with Gasteiger partial charge in [-0.1, -0.05) is 0 Å². The van der Waals surface area contributed by atoms with E-state index < -0.39 is 12.1 Å². The van der Waals surface area contributed by atoms with Crippen molar-refractivity contribution in [3.8, 4) is 0 Å². The zero-order valence-corrected chi connectivity index (χ0v) is 9.78. The summed E-state index contributed by atoms with van der Waals surface area (Å²) in [5.74, 6) is -0.493. The van der Waals surface area contributed by atoms with Crippen molar-refractivity contribution in [1.82, 2.24) is 10.6 Å². The van der Waals surface area contributed by atoms with Gasteiger partial charge in [0.15, 0.2) is 11.7 Å². The summed E-state index contributed by atoms with van der Waals surface area (Å²) in [6, 6.07) is -1.06. The topological polar surface area (TPSA) is 123 Å². The first kappa shape index (κ1) is 14.4. The van der Waals surface area contributed by atoms with Crippen molar-refractivity contribution in [3.05, 3.63) is 0 Å². The highest BCUT2D eigenvalue weighted by Crippen LogP contribution is 1.89. The van der Waals surface area contributed by atoms with Crippen molar-refractivity contribution in [2.45, 2.75) is 25.9 Å². The molecule has 6 N–H and O–H groups in total. The third kappa shape index (κ3) is 5.30. The van der Waals surface area contributed by atoms with Gasteiger partial charge >= 0.3 is 0 Å². The van der Waals surface area contributed by atoms with E-state index >= 15 is 0 Å². The second-order valence-corrected chi connectivity index (χ2v) is 3.45. The SMILES string of the molecule is CNC(CN=C(N)N)C(=O)NC(C)C(C)=O. The molecule has 0 saturated heterocycles. The smallest absolute Gasteiger partial charge is 0.239 e. The third-order valence-electron chi connectivity index (χ3n) is 2.09. The Kier molecular flexibility index (Phi) is 6.09. The summed E-state index contributed by atoms with van der Waals surface area (Å²) < 4.78 is 0. The predicted octanol–water partition coefficient (Wildman–Crippen LogP) is -2.06. The van der Waals surface area contributed by atoms with E-state index in [4.69, 9.17) is 11.5 Å². The van der Waals surface area contributed by atoms with E-state index in [1.807, 2.05) is 0 Å². The predicted molar refractivity (Wildman–Crippen MR) is 61.8 cm³/mol. The minimum atomic E-state index is -0.552. The number of nitrogens with one attached hydrogen (secondary N) is 2. The number of rotatable bonds is 6. The number of carbonyl (C=O) groups is 2. The van der Waals surface area contributed by atoms with Gasteiger partial charge in [-0.25, -0.2) is 0 Å². The fourth-order valence-electron chi connectivity index (χ4n) is 0.918. The number of guanidine groups is 1. The minimum Gasteiger partial charge on any atom is -0.370 e. The van der Waals surface area contributed by atoms with Crippen LogP contribution in [0.1, 0.15) is 13.8 Å². The number of hydrogen-bond acceptors (Lipinski definition) is 4. The number of hydrogen-bond donors (Lipinski definition) is 4. The van der Waals surface area contributed by atoms with E-state index in [9.17, 15) is 9.59 Å². The van der Waals surface area contributed by atoms with E-state index in [1.54, 1.807) is 14.0 Å². The lowest BCUT2D eigenvalue weighted by Gasteiger charge is -2.16. The van der Waals surface area contributed by atoms with Crippen molar-refractivity contribution >= 4 is 17.6 Å². The Hall–Kier alpha value is -1.63. The van der Waals surface area contributed by atoms with Gasteiger partial charge in [0.05, 0.1) is 12.6 Å². The van der Waals surface area contributed by atoms with Crippen LogP contribution in [0.15, 0.2) is 4.99 Å². The number of nitrogens with zero attached hydrogens (tertiary/aromatic N) is 1. The molecule has 0 aromatic carbocycles. The molecule has 92 valence electrons. The fourth-order valence-corrected chi connectivity index (χ4v) is 0.918. The van der Waals surface area contributed by atoms with Crippen LogP contribution >= 0.6 is 0 Å². The van der Waals surface area contributed by atoms with E-state index in [0.29, 0.717) is 0 Å². The molecule has 1 amide bonds. The van der Waals surface area contributed by atoms with Crippen LogP contribution in [0, 0.1) is 0 Å². The summed E-state index contributed by atoms with van der Waals surface area (Å²) in [7, 11) is 1.62. The third-order valence-corrected chi connectivity index (χ3v) is 2.09. The maximum atomic E-state index is 11.6. The molecule has 16 heavy (non-hydrogen) atoms. The first-order chi connectivity index (χ1) is 7.38. The average molecular weight is 229 g/mol. The number of amides is 1. The van der Waals surface area contributed by atoms with E-state index in [2.05, 4.69) is 15.6 Å². The van der Waals surface area contributed by atoms with Crippen LogP contribution in [0.25, 0.3) is 0 Å². The van der Waals surface area contributed by atoms with E-state index in [-0.39, 0.29) is 24.2 Å². The zero-order valence-electron chi connectivity index (χ0n) is 9.78. The standard InChI is InChI=1S/C9H19N5O2/c1-5(6(2)15)14-8(16)7(12-3)4-13-9(10)11/h5,7,12H,4H2,1-3H3,(H,14,16)(H4,10,11,13). The summed E-state index contributed by atoms with van der Waals surface area (Å²) in [4.78, 5) is 26.3. The van der Waals surface area contributed by atoms with Gasteiger partial charge in [0, 0.05) is 0 Å². The van der Waals surface area contributed by atoms with Crippen molar-refractivity contribution in [3.63, 3.8) is 0 Å². The number of nitrogens with two attached hydrogens (primary N) is 2. The van der Waals surface area contributed by atoms with Gasteiger partial charge in [-0.05, 0) is 20.9 Å². The molecule has 0 fully saturated rings. The van der Waals surface area contributed by atoms with Crippen LogP contribution in [0.4, 0.5) is 0 Å². The lowest BCUT2D eigenvalue weighted by atomic mass is 10.2. The van der Waals surface area contributed by atoms with Crippen molar-refractivity contribution in [1.29, 1.82) is 0 Å². The van der Waals surface area contributed by atoms with E-state index in [0.717, 1.165) is 0 Å².